The molecule has 0 N–H and O–H groups in total. The van der Waals surface area contributed by atoms with Gasteiger partial charge in [-0.3, -0.25) is 0 Å². The number of benzene rings is 1. The zero-order chi connectivity index (χ0) is 17.1. The Morgan fingerprint density at radius 3 is 2.62 bits per heavy atom. The Bertz CT molecular complexity index is 625. The number of ether oxygens (including phenoxy) is 1. The van der Waals surface area contributed by atoms with Crippen LogP contribution in [0, 0.1) is 23.2 Å². The molecule has 1 heteroatoms. The average molecular weight is 327 g/mol. The zero-order valence-corrected chi connectivity index (χ0v) is 16.2. The Morgan fingerprint density at radius 1 is 1.08 bits per heavy atom. The van der Waals surface area contributed by atoms with Crippen molar-refractivity contribution >= 4 is 0 Å². The molecule has 0 saturated heterocycles. The van der Waals surface area contributed by atoms with Gasteiger partial charge in [0.05, 0.1) is 0 Å². The number of aryl methyl sites for hydroxylation is 1. The van der Waals surface area contributed by atoms with Gasteiger partial charge in [0.15, 0.2) is 0 Å². The molecule has 3 aliphatic rings. The highest BCUT2D eigenvalue weighted by Crippen LogP contribution is 2.62. The molecule has 3 aliphatic carbocycles. The summed E-state index contributed by atoms with van der Waals surface area (Å²) in [5.41, 5.74) is 3.72. The molecular formula is C23H34O. The molecule has 1 nitrogen and oxygen atoms in total. The van der Waals surface area contributed by atoms with E-state index in [0.717, 1.165) is 29.4 Å². The van der Waals surface area contributed by atoms with E-state index in [-0.39, 0.29) is 5.60 Å². The zero-order valence-electron chi connectivity index (χ0n) is 16.2. The molecule has 0 spiro atoms. The fourth-order valence-electron chi connectivity index (χ4n) is 6.24. The van der Waals surface area contributed by atoms with Crippen molar-refractivity contribution in [3.05, 3.63) is 29.3 Å². The summed E-state index contributed by atoms with van der Waals surface area (Å²) in [6, 6.07) is 6.95. The normalized spacial score (nSPS) is 38.2. The minimum atomic E-state index is -0.113. The summed E-state index contributed by atoms with van der Waals surface area (Å²) in [6.45, 7) is 11.5. The van der Waals surface area contributed by atoms with Gasteiger partial charge in [-0.25, -0.2) is 0 Å². The third-order valence-corrected chi connectivity index (χ3v) is 7.60. The summed E-state index contributed by atoms with van der Waals surface area (Å²) >= 11 is 0. The van der Waals surface area contributed by atoms with Crippen molar-refractivity contribution < 1.29 is 4.74 Å². The van der Waals surface area contributed by atoms with Crippen LogP contribution in [0.3, 0.4) is 0 Å². The summed E-state index contributed by atoms with van der Waals surface area (Å²) in [5, 5.41) is 0. The molecule has 0 aliphatic heterocycles. The molecule has 4 rings (SSSR count). The van der Waals surface area contributed by atoms with E-state index in [1.165, 1.54) is 38.5 Å². The first-order valence-electron chi connectivity index (χ1n) is 10.1. The Balaban J connectivity index is 1.61. The Morgan fingerprint density at radius 2 is 1.88 bits per heavy atom. The van der Waals surface area contributed by atoms with Gasteiger partial charge in [-0.2, -0.15) is 0 Å². The number of fused-ring (bicyclic) bond motifs is 5. The molecule has 24 heavy (non-hydrogen) atoms. The van der Waals surface area contributed by atoms with Crippen LogP contribution < -0.4 is 4.74 Å². The lowest BCUT2D eigenvalue weighted by Gasteiger charge is -2.50. The lowest BCUT2D eigenvalue weighted by atomic mass is 9.54. The van der Waals surface area contributed by atoms with Crippen LogP contribution in [0.1, 0.15) is 83.8 Å². The average Bonchev–Trinajstić information content (AvgIpc) is 2.81. The van der Waals surface area contributed by atoms with Crippen molar-refractivity contribution in [2.75, 3.05) is 0 Å². The van der Waals surface area contributed by atoms with Crippen LogP contribution in [0.2, 0.25) is 0 Å². The van der Waals surface area contributed by atoms with E-state index in [0.29, 0.717) is 5.41 Å². The maximum atomic E-state index is 6.10. The summed E-state index contributed by atoms with van der Waals surface area (Å²) in [5.74, 6) is 4.67. The van der Waals surface area contributed by atoms with Gasteiger partial charge in [0, 0.05) is 0 Å². The summed E-state index contributed by atoms with van der Waals surface area (Å²) in [4.78, 5) is 0. The largest absolute Gasteiger partial charge is 0.488 e. The Hall–Kier alpha value is -0.980. The van der Waals surface area contributed by atoms with Crippen LogP contribution in [-0.2, 0) is 6.42 Å². The molecule has 0 bridgehead atoms. The topological polar surface area (TPSA) is 9.23 Å². The first-order valence-corrected chi connectivity index (χ1v) is 10.1. The molecule has 2 fully saturated rings. The van der Waals surface area contributed by atoms with Crippen molar-refractivity contribution in [2.45, 2.75) is 84.7 Å². The predicted molar refractivity (Wildman–Crippen MR) is 101 cm³/mol. The molecule has 0 radical (unpaired) electrons. The molecule has 5 atom stereocenters. The molecule has 0 unspecified atom stereocenters. The van der Waals surface area contributed by atoms with Crippen LogP contribution in [0.4, 0.5) is 0 Å². The van der Waals surface area contributed by atoms with Crippen molar-refractivity contribution in [1.82, 2.24) is 0 Å². The van der Waals surface area contributed by atoms with Gasteiger partial charge in [0.25, 0.3) is 0 Å². The van der Waals surface area contributed by atoms with Crippen LogP contribution in [-0.4, -0.2) is 5.60 Å². The SMILES string of the molecule is C[C@H]1CC[C@H]2[C@@H]3CCc4cc(OC(C)(C)C)ccc4[C@H]3CC[C@]12C. The van der Waals surface area contributed by atoms with E-state index >= 15 is 0 Å². The molecule has 1 aromatic rings. The summed E-state index contributed by atoms with van der Waals surface area (Å²) < 4.78 is 6.10. The summed E-state index contributed by atoms with van der Waals surface area (Å²) in [6.07, 6.45) is 8.39. The van der Waals surface area contributed by atoms with Gasteiger partial charge in [-0.1, -0.05) is 19.9 Å². The highest BCUT2D eigenvalue weighted by atomic mass is 16.5. The fraction of sp³-hybridized carbons (Fsp3) is 0.739. The number of rotatable bonds is 1. The van der Waals surface area contributed by atoms with Gasteiger partial charge in [0.2, 0.25) is 0 Å². The maximum Gasteiger partial charge on any atom is 0.120 e. The molecule has 1 aromatic carbocycles. The van der Waals surface area contributed by atoms with Crippen LogP contribution in [0.15, 0.2) is 18.2 Å². The van der Waals surface area contributed by atoms with E-state index in [2.05, 4.69) is 52.8 Å². The lowest BCUT2D eigenvalue weighted by Crippen LogP contribution is -2.41. The number of hydrogen-bond donors (Lipinski definition) is 0. The molecule has 0 amide bonds. The van der Waals surface area contributed by atoms with Crippen molar-refractivity contribution in [3.8, 4) is 5.75 Å². The second-order valence-electron chi connectivity index (χ2n) is 10.0. The highest BCUT2D eigenvalue weighted by Gasteiger charge is 2.53. The van der Waals surface area contributed by atoms with E-state index in [4.69, 9.17) is 4.74 Å². The minimum Gasteiger partial charge on any atom is -0.488 e. The predicted octanol–water partition coefficient (Wildman–Crippen LogP) is 6.36. The Kier molecular flexibility index (Phi) is 3.79. The molecule has 132 valence electrons. The van der Waals surface area contributed by atoms with Crippen LogP contribution >= 0.6 is 0 Å². The van der Waals surface area contributed by atoms with Crippen molar-refractivity contribution in [2.24, 2.45) is 23.2 Å². The molecular weight excluding hydrogens is 292 g/mol. The second-order valence-corrected chi connectivity index (χ2v) is 10.0. The minimum absolute atomic E-state index is 0.113. The smallest absolute Gasteiger partial charge is 0.120 e. The first kappa shape index (κ1) is 16.5. The molecule has 0 aromatic heterocycles. The van der Waals surface area contributed by atoms with Gasteiger partial charge < -0.3 is 4.74 Å². The standard InChI is InChI=1S/C23H34O/c1-15-6-11-21-20-9-7-16-14-17(24-22(2,3)4)8-10-18(16)19(20)12-13-23(15,21)5/h8,10,14-15,19-21H,6-7,9,11-13H2,1-5H3/t15-,19+,20+,21-,23+/m0/s1. The van der Waals surface area contributed by atoms with Crippen LogP contribution in [0.25, 0.3) is 0 Å². The van der Waals surface area contributed by atoms with Gasteiger partial charge >= 0.3 is 0 Å². The summed E-state index contributed by atoms with van der Waals surface area (Å²) in [7, 11) is 0. The molecule has 0 heterocycles. The quantitative estimate of drug-likeness (QED) is 0.583. The number of hydrogen-bond acceptors (Lipinski definition) is 1. The third-order valence-electron chi connectivity index (χ3n) is 7.60. The van der Waals surface area contributed by atoms with E-state index < -0.39 is 0 Å². The van der Waals surface area contributed by atoms with Crippen molar-refractivity contribution in [3.63, 3.8) is 0 Å². The van der Waals surface area contributed by atoms with Crippen molar-refractivity contribution in [1.29, 1.82) is 0 Å². The lowest BCUT2D eigenvalue weighted by molar-refractivity contribution is 0.0335. The van der Waals surface area contributed by atoms with E-state index in [1.54, 1.807) is 11.1 Å². The fourth-order valence-corrected chi connectivity index (χ4v) is 6.24. The van der Waals surface area contributed by atoms with Gasteiger partial charge in [-0.15, -0.1) is 0 Å². The van der Waals surface area contributed by atoms with Crippen LogP contribution in [0.5, 0.6) is 5.75 Å². The first-order chi connectivity index (χ1) is 11.3. The van der Waals surface area contributed by atoms with Gasteiger partial charge in [-0.05, 0) is 112 Å². The Labute approximate surface area is 148 Å². The highest BCUT2D eigenvalue weighted by molar-refractivity contribution is 5.41. The second kappa shape index (κ2) is 5.51. The van der Waals surface area contributed by atoms with E-state index in [1.807, 2.05) is 0 Å². The maximum absolute atomic E-state index is 6.10. The van der Waals surface area contributed by atoms with E-state index in [9.17, 15) is 0 Å². The van der Waals surface area contributed by atoms with Gasteiger partial charge in [0.1, 0.15) is 11.4 Å². The third kappa shape index (κ3) is 2.59. The monoisotopic (exact) mass is 326 g/mol. The molecule has 2 saturated carbocycles.